The molecule has 30 heavy (non-hydrogen) atoms. The van der Waals surface area contributed by atoms with E-state index in [9.17, 15) is 14.9 Å². The fourth-order valence-corrected chi connectivity index (χ4v) is 4.02. The maximum absolute atomic E-state index is 12.5. The van der Waals surface area contributed by atoms with Crippen molar-refractivity contribution in [2.45, 2.75) is 19.8 Å². The van der Waals surface area contributed by atoms with E-state index in [2.05, 4.69) is 21.9 Å². The highest BCUT2D eigenvalue weighted by molar-refractivity contribution is 8.03. The monoisotopic (exact) mass is 424 g/mol. The van der Waals surface area contributed by atoms with E-state index < -0.39 is 11.9 Å². The maximum Gasteiger partial charge on any atom is 0.336 e. The van der Waals surface area contributed by atoms with Crippen LogP contribution in [-0.2, 0) is 14.3 Å². The first-order chi connectivity index (χ1) is 14.4. The van der Waals surface area contributed by atoms with E-state index in [1.54, 1.807) is 19.9 Å². The first-order valence-corrected chi connectivity index (χ1v) is 10.0. The van der Waals surface area contributed by atoms with E-state index in [1.165, 1.54) is 18.9 Å². The number of thioether (sulfide) groups is 1. The summed E-state index contributed by atoms with van der Waals surface area (Å²) >= 11 is 1.18. The van der Waals surface area contributed by atoms with Crippen LogP contribution in [-0.4, -0.2) is 29.9 Å². The van der Waals surface area contributed by atoms with Gasteiger partial charge in [0.25, 0.3) is 0 Å². The minimum absolute atomic E-state index is 0.0434. The fourth-order valence-electron chi connectivity index (χ4n) is 3.13. The Morgan fingerprint density at radius 1 is 1.33 bits per heavy atom. The van der Waals surface area contributed by atoms with E-state index >= 15 is 0 Å². The Labute approximate surface area is 178 Å². The number of nitrogens with one attached hydrogen (secondary N) is 2. The third-order valence-electron chi connectivity index (χ3n) is 4.43. The molecule has 1 aliphatic rings. The van der Waals surface area contributed by atoms with Crippen molar-refractivity contribution in [3.63, 3.8) is 0 Å². The molecule has 0 spiro atoms. The number of carbonyl (C=O) groups excluding carboxylic acids is 2. The molecule has 1 unspecified atom stereocenters. The number of nitriles is 1. The number of dihydropyridines is 1. The van der Waals surface area contributed by atoms with Crippen LogP contribution in [0.15, 0.2) is 62.8 Å². The summed E-state index contributed by atoms with van der Waals surface area (Å²) in [6, 6.07) is 13.1. The second-order valence-corrected chi connectivity index (χ2v) is 7.50. The zero-order valence-corrected chi connectivity index (χ0v) is 17.5. The Morgan fingerprint density at radius 3 is 2.67 bits per heavy atom. The predicted molar refractivity (Wildman–Crippen MR) is 112 cm³/mol. The van der Waals surface area contributed by atoms with Gasteiger partial charge in [0.05, 0.1) is 41.0 Å². The summed E-state index contributed by atoms with van der Waals surface area (Å²) in [5.74, 6) is -0.435. The van der Waals surface area contributed by atoms with Crippen molar-refractivity contribution in [2.75, 3.05) is 18.2 Å². The molecule has 0 saturated carbocycles. The summed E-state index contributed by atoms with van der Waals surface area (Å²) in [4.78, 5) is 24.7. The Bertz CT molecular complexity index is 1070. The van der Waals surface area contributed by atoms with Gasteiger partial charge in [0.15, 0.2) is 5.82 Å². The van der Waals surface area contributed by atoms with Crippen LogP contribution < -0.4 is 10.6 Å². The Balaban J connectivity index is 1.87. The summed E-state index contributed by atoms with van der Waals surface area (Å²) < 4.78 is 9.88. The Hall–Kier alpha value is -3.51. The van der Waals surface area contributed by atoms with Gasteiger partial charge in [-0.25, -0.2) is 4.79 Å². The molecular formula is C21H20N4O4S. The fraction of sp³-hybridized carbons (Fsp3) is 0.238. The quantitative estimate of drug-likeness (QED) is 0.679. The molecule has 154 valence electrons. The average Bonchev–Trinajstić information content (AvgIpc) is 3.16. The van der Waals surface area contributed by atoms with Gasteiger partial charge < -0.3 is 19.9 Å². The third-order valence-corrected chi connectivity index (χ3v) is 5.45. The summed E-state index contributed by atoms with van der Waals surface area (Å²) in [5.41, 5.74) is 2.08. The van der Waals surface area contributed by atoms with Gasteiger partial charge in [0.1, 0.15) is 5.76 Å². The summed E-state index contributed by atoms with van der Waals surface area (Å²) in [6.45, 7) is 3.47. The van der Waals surface area contributed by atoms with E-state index in [-0.39, 0.29) is 11.7 Å². The number of ether oxygens (including phenoxy) is 1. The van der Waals surface area contributed by atoms with Crippen molar-refractivity contribution in [3.05, 3.63) is 69.6 Å². The van der Waals surface area contributed by atoms with E-state index in [0.717, 1.165) is 5.56 Å². The number of esters is 1. The number of hydrogen-bond donors (Lipinski definition) is 2. The van der Waals surface area contributed by atoms with Crippen molar-refractivity contribution in [1.29, 1.82) is 5.26 Å². The number of aromatic nitrogens is 1. The molecule has 0 radical (unpaired) electrons. The van der Waals surface area contributed by atoms with Crippen LogP contribution in [0.3, 0.4) is 0 Å². The Morgan fingerprint density at radius 2 is 2.07 bits per heavy atom. The number of nitrogens with zero attached hydrogens (tertiary/aromatic N) is 2. The number of hydrogen-bond acceptors (Lipinski definition) is 8. The molecule has 0 fully saturated rings. The number of allylic oxidation sites excluding steroid dienone is 2. The summed E-state index contributed by atoms with van der Waals surface area (Å²) in [5, 5.41) is 19.9. The lowest BCUT2D eigenvalue weighted by atomic mass is 9.82. The number of methoxy groups -OCH3 is 1. The molecule has 1 atom stereocenters. The summed E-state index contributed by atoms with van der Waals surface area (Å²) in [6.07, 6.45) is 0. The predicted octanol–water partition coefficient (Wildman–Crippen LogP) is 3.22. The molecule has 9 heteroatoms. The summed E-state index contributed by atoms with van der Waals surface area (Å²) in [7, 11) is 1.31. The van der Waals surface area contributed by atoms with E-state index in [1.807, 2.05) is 30.3 Å². The van der Waals surface area contributed by atoms with Crippen molar-refractivity contribution in [3.8, 4) is 6.07 Å². The topological polar surface area (TPSA) is 117 Å². The van der Waals surface area contributed by atoms with Crippen molar-refractivity contribution in [1.82, 2.24) is 10.5 Å². The minimum Gasteiger partial charge on any atom is -0.466 e. The molecule has 3 rings (SSSR count). The molecule has 1 amide bonds. The smallest absolute Gasteiger partial charge is 0.336 e. The first kappa shape index (κ1) is 21.2. The zero-order chi connectivity index (χ0) is 21.7. The largest absolute Gasteiger partial charge is 0.466 e. The lowest BCUT2D eigenvalue weighted by Crippen LogP contribution is -2.29. The van der Waals surface area contributed by atoms with Gasteiger partial charge in [-0.05, 0) is 19.4 Å². The standard InChI is InChI=1S/C21H20N4O4S/c1-12-9-16(25-29-12)24-17(26)11-30-20-15(10-22)19(14-7-5-4-6-8-14)18(13(2)23-20)21(27)28-3/h4-9,19,23H,11H2,1-3H3,(H,24,25,26). The SMILES string of the molecule is COC(=O)C1=C(C)NC(SCC(=O)Nc2cc(C)on2)=C(C#N)C1c1ccccc1. The number of amides is 1. The first-order valence-electron chi connectivity index (χ1n) is 9.05. The second-order valence-electron chi connectivity index (χ2n) is 6.51. The van der Waals surface area contributed by atoms with Gasteiger partial charge >= 0.3 is 5.97 Å². The van der Waals surface area contributed by atoms with Gasteiger partial charge in [0, 0.05) is 11.8 Å². The highest BCUT2D eigenvalue weighted by atomic mass is 32.2. The normalized spacial score (nSPS) is 16.0. The molecule has 0 aliphatic carbocycles. The highest BCUT2D eigenvalue weighted by Crippen LogP contribution is 2.40. The molecule has 0 bridgehead atoms. The van der Waals surface area contributed by atoms with Crippen LogP contribution in [0.5, 0.6) is 0 Å². The number of anilines is 1. The van der Waals surface area contributed by atoms with E-state index in [0.29, 0.717) is 33.5 Å². The number of rotatable bonds is 6. The lowest BCUT2D eigenvalue weighted by molar-refractivity contribution is -0.136. The van der Waals surface area contributed by atoms with Gasteiger partial charge in [0.2, 0.25) is 5.91 Å². The van der Waals surface area contributed by atoms with Gasteiger partial charge in [-0.2, -0.15) is 5.26 Å². The Kier molecular flexibility index (Phi) is 6.59. The van der Waals surface area contributed by atoms with Gasteiger partial charge in [-0.1, -0.05) is 47.3 Å². The molecule has 1 aliphatic heterocycles. The molecule has 2 aromatic rings. The molecule has 1 aromatic heterocycles. The van der Waals surface area contributed by atoms with Crippen LogP contribution in [0.4, 0.5) is 5.82 Å². The second kappa shape index (κ2) is 9.33. The molecule has 1 aromatic carbocycles. The van der Waals surface area contributed by atoms with Crippen molar-refractivity contribution >= 4 is 29.5 Å². The average molecular weight is 424 g/mol. The number of carbonyl (C=O) groups is 2. The highest BCUT2D eigenvalue weighted by Gasteiger charge is 2.35. The van der Waals surface area contributed by atoms with Crippen LogP contribution in [0, 0.1) is 18.3 Å². The lowest BCUT2D eigenvalue weighted by Gasteiger charge is -2.29. The van der Waals surface area contributed by atoms with Crippen molar-refractivity contribution in [2.24, 2.45) is 0 Å². The van der Waals surface area contributed by atoms with Crippen LogP contribution in [0.2, 0.25) is 0 Å². The van der Waals surface area contributed by atoms with Gasteiger partial charge in [-0.15, -0.1) is 0 Å². The van der Waals surface area contributed by atoms with E-state index in [4.69, 9.17) is 9.26 Å². The van der Waals surface area contributed by atoms with Crippen LogP contribution in [0.1, 0.15) is 24.2 Å². The molecule has 0 saturated heterocycles. The van der Waals surface area contributed by atoms with Crippen LogP contribution >= 0.6 is 11.8 Å². The van der Waals surface area contributed by atoms with Crippen LogP contribution in [0.25, 0.3) is 0 Å². The van der Waals surface area contributed by atoms with Gasteiger partial charge in [-0.3, -0.25) is 4.79 Å². The molecule has 8 nitrogen and oxygen atoms in total. The molecule has 2 heterocycles. The van der Waals surface area contributed by atoms with Crippen molar-refractivity contribution < 1.29 is 18.8 Å². The molecular weight excluding hydrogens is 404 g/mol. The number of benzene rings is 1. The third kappa shape index (κ3) is 4.55. The number of aryl methyl sites for hydroxylation is 1. The minimum atomic E-state index is -0.589. The maximum atomic E-state index is 12.5. The molecule has 2 N–H and O–H groups in total. The zero-order valence-electron chi connectivity index (χ0n) is 16.7.